The zero-order chi connectivity index (χ0) is 20.8. The predicted molar refractivity (Wildman–Crippen MR) is 116 cm³/mol. The van der Waals surface area contributed by atoms with E-state index >= 15 is 0 Å². The van der Waals surface area contributed by atoms with Crippen LogP contribution in [0.3, 0.4) is 0 Å². The Bertz CT molecular complexity index is 1060. The molecule has 0 bridgehead atoms. The van der Waals surface area contributed by atoms with Crippen LogP contribution in [0.25, 0.3) is 11.3 Å². The van der Waals surface area contributed by atoms with Gasteiger partial charge in [-0.15, -0.1) is 0 Å². The van der Waals surface area contributed by atoms with Crippen molar-refractivity contribution in [3.05, 3.63) is 102 Å². The number of nitrogen functional groups attached to an aromatic ring is 1. The van der Waals surface area contributed by atoms with E-state index in [0.29, 0.717) is 17.8 Å². The first-order valence-corrected chi connectivity index (χ1v) is 9.77. The van der Waals surface area contributed by atoms with Crippen molar-refractivity contribution in [3.8, 4) is 11.3 Å². The first-order chi connectivity index (χ1) is 14.7. The van der Waals surface area contributed by atoms with E-state index in [9.17, 15) is 4.79 Å². The fourth-order valence-electron chi connectivity index (χ4n) is 3.54. The molecule has 3 N–H and O–H groups in total. The fourth-order valence-corrected chi connectivity index (χ4v) is 3.54. The van der Waals surface area contributed by atoms with E-state index in [1.54, 1.807) is 18.5 Å². The number of anilines is 1. The van der Waals surface area contributed by atoms with Crippen molar-refractivity contribution < 1.29 is 9.32 Å². The van der Waals surface area contributed by atoms with Crippen LogP contribution in [-0.2, 0) is 0 Å². The molecule has 0 saturated heterocycles. The normalized spacial score (nSPS) is 10.8. The van der Waals surface area contributed by atoms with E-state index in [0.717, 1.165) is 6.42 Å². The summed E-state index contributed by atoms with van der Waals surface area (Å²) in [5, 5.41) is 6.91. The lowest BCUT2D eigenvalue weighted by molar-refractivity contribution is 0.0954. The summed E-state index contributed by atoms with van der Waals surface area (Å²) in [6.45, 7) is 0.477. The van der Waals surface area contributed by atoms with Crippen molar-refractivity contribution >= 4 is 11.8 Å². The fraction of sp³-hybridized carbons (Fsp3) is 0.125. The molecule has 2 aromatic heterocycles. The van der Waals surface area contributed by atoms with Gasteiger partial charge in [0.1, 0.15) is 11.3 Å². The van der Waals surface area contributed by atoms with Gasteiger partial charge in [-0.2, -0.15) is 0 Å². The number of carbonyl (C=O) groups is 1. The molecule has 30 heavy (non-hydrogen) atoms. The van der Waals surface area contributed by atoms with Crippen LogP contribution in [0.5, 0.6) is 0 Å². The average Bonchev–Trinajstić information content (AvgIpc) is 3.20. The van der Waals surface area contributed by atoms with Crippen molar-refractivity contribution in [2.24, 2.45) is 0 Å². The molecule has 0 aliphatic carbocycles. The maximum absolute atomic E-state index is 12.9. The second-order valence-corrected chi connectivity index (χ2v) is 6.93. The molecule has 0 atom stereocenters. The summed E-state index contributed by atoms with van der Waals surface area (Å²) in [7, 11) is 0. The molecule has 6 heteroatoms. The molecule has 6 nitrogen and oxygen atoms in total. The number of pyridine rings is 1. The lowest BCUT2D eigenvalue weighted by Gasteiger charge is -2.18. The Hall–Kier alpha value is -3.93. The minimum atomic E-state index is -0.313. The molecule has 4 rings (SSSR count). The highest BCUT2D eigenvalue weighted by molar-refractivity contribution is 6.03. The van der Waals surface area contributed by atoms with Gasteiger partial charge in [0.15, 0.2) is 0 Å². The highest BCUT2D eigenvalue weighted by Gasteiger charge is 2.23. The van der Waals surface area contributed by atoms with E-state index in [-0.39, 0.29) is 23.3 Å². The Balaban J connectivity index is 1.49. The molecule has 0 radical (unpaired) electrons. The molecule has 2 aromatic carbocycles. The molecule has 2 heterocycles. The monoisotopic (exact) mass is 398 g/mol. The Morgan fingerprint density at radius 3 is 2.23 bits per heavy atom. The van der Waals surface area contributed by atoms with E-state index in [1.165, 1.54) is 11.1 Å². The molecule has 4 aromatic rings. The first-order valence-electron chi connectivity index (χ1n) is 9.77. The van der Waals surface area contributed by atoms with Crippen LogP contribution in [0.15, 0.2) is 89.7 Å². The molecule has 0 saturated carbocycles. The summed E-state index contributed by atoms with van der Waals surface area (Å²) in [6.07, 6.45) is 4.02. The highest BCUT2D eigenvalue weighted by atomic mass is 16.5. The second kappa shape index (κ2) is 9.05. The Morgan fingerprint density at radius 2 is 1.63 bits per heavy atom. The summed E-state index contributed by atoms with van der Waals surface area (Å²) >= 11 is 0. The van der Waals surface area contributed by atoms with Crippen molar-refractivity contribution in [2.75, 3.05) is 12.3 Å². The molecule has 0 aliphatic heterocycles. The number of hydrogen-bond acceptors (Lipinski definition) is 5. The van der Waals surface area contributed by atoms with Crippen LogP contribution < -0.4 is 11.1 Å². The quantitative estimate of drug-likeness (QED) is 0.485. The van der Waals surface area contributed by atoms with Gasteiger partial charge >= 0.3 is 0 Å². The van der Waals surface area contributed by atoms with Gasteiger partial charge in [0.2, 0.25) is 5.88 Å². The third-order valence-electron chi connectivity index (χ3n) is 5.00. The summed E-state index contributed by atoms with van der Waals surface area (Å²) < 4.78 is 5.08. The highest BCUT2D eigenvalue weighted by Crippen LogP contribution is 2.28. The van der Waals surface area contributed by atoms with Crippen LogP contribution in [-0.4, -0.2) is 22.6 Å². The third-order valence-corrected chi connectivity index (χ3v) is 5.00. The van der Waals surface area contributed by atoms with Gasteiger partial charge in [0, 0.05) is 30.4 Å². The van der Waals surface area contributed by atoms with Gasteiger partial charge in [-0.3, -0.25) is 9.78 Å². The first kappa shape index (κ1) is 19.4. The van der Waals surface area contributed by atoms with Crippen LogP contribution in [0, 0.1) is 0 Å². The number of nitrogens with two attached hydrogens (primary N) is 1. The molecule has 1 amide bonds. The van der Waals surface area contributed by atoms with Gasteiger partial charge in [0.25, 0.3) is 5.91 Å². The lowest BCUT2D eigenvalue weighted by atomic mass is 9.88. The Morgan fingerprint density at radius 1 is 0.967 bits per heavy atom. The number of hydrogen-bond donors (Lipinski definition) is 2. The maximum atomic E-state index is 12.9. The molecule has 0 fully saturated rings. The number of nitrogens with one attached hydrogen (secondary N) is 1. The van der Waals surface area contributed by atoms with E-state index < -0.39 is 0 Å². The zero-order valence-electron chi connectivity index (χ0n) is 16.4. The average molecular weight is 398 g/mol. The van der Waals surface area contributed by atoms with E-state index in [1.807, 2.05) is 42.5 Å². The second-order valence-electron chi connectivity index (χ2n) is 6.93. The van der Waals surface area contributed by atoms with Gasteiger partial charge in [-0.05, 0) is 29.7 Å². The molecular formula is C24H22N4O2. The van der Waals surface area contributed by atoms with Crippen LogP contribution in [0.1, 0.15) is 33.8 Å². The molecule has 0 spiro atoms. The third kappa shape index (κ3) is 4.22. The standard InChI is InChI=1S/C24H22N4O2/c25-23-21(22(28-30-23)19-12-7-14-26-16-19)24(29)27-15-13-20(17-8-3-1-4-9-17)18-10-5-2-6-11-18/h1-12,14,16,20H,13,15,25H2,(H,27,29). The number of rotatable bonds is 7. The SMILES string of the molecule is Nc1onc(-c2cccnc2)c1C(=O)NCCC(c1ccccc1)c1ccccc1. The van der Waals surface area contributed by atoms with Crippen LogP contribution >= 0.6 is 0 Å². The number of benzene rings is 2. The number of amides is 1. The minimum Gasteiger partial charge on any atom is -0.367 e. The maximum Gasteiger partial charge on any atom is 0.259 e. The molecule has 0 unspecified atom stereocenters. The Labute approximate surface area is 174 Å². The smallest absolute Gasteiger partial charge is 0.259 e. The van der Waals surface area contributed by atoms with Crippen molar-refractivity contribution in [1.82, 2.24) is 15.5 Å². The van der Waals surface area contributed by atoms with Gasteiger partial charge < -0.3 is 15.6 Å². The van der Waals surface area contributed by atoms with Crippen LogP contribution in [0.4, 0.5) is 5.88 Å². The predicted octanol–water partition coefficient (Wildman–Crippen LogP) is 4.27. The zero-order valence-corrected chi connectivity index (χ0v) is 16.4. The van der Waals surface area contributed by atoms with Gasteiger partial charge in [0.05, 0.1) is 0 Å². The van der Waals surface area contributed by atoms with Crippen molar-refractivity contribution in [1.29, 1.82) is 0 Å². The number of aromatic nitrogens is 2. The largest absolute Gasteiger partial charge is 0.367 e. The van der Waals surface area contributed by atoms with Crippen molar-refractivity contribution in [3.63, 3.8) is 0 Å². The van der Waals surface area contributed by atoms with Gasteiger partial charge in [-0.25, -0.2) is 0 Å². The lowest BCUT2D eigenvalue weighted by Crippen LogP contribution is -2.26. The number of carbonyl (C=O) groups excluding carboxylic acids is 1. The number of nitrogens with zero attached hydrogens (tertiary/aromatic N) is 2. The minimum absolute atomic E-state index is 0.00554. The molecular weight excluding hydrogens is 376 g/mol. The molecule has 150 valence electrons. The summed E-state index contributed by atoms with van der Waals surface area (Å²) in [5.74, 6) is -0.146. The summed E-state index contributed by atoms with van der Waals surface area (Å²) in [4.78, 5) is 16.9. The van der Waals surface area contributed by atoms with Crippen molar-refractivity contribution in [2.45, 2.75) is 12.3 Å². The molecule has 0 aliphatic rings. The Kier molecular flexibility index (Phi) is 5.85. The van der Waals surface area contributed by atoms with Gasteiger partial charge in [-0.1, -0.05) is 65.8 Å². The van der Waals surface area contributed by atoms with E-state index in [4.69, 9.17) is 10.3 Å². The van der Waals surface area contributed by atoms with E-state index in [2.05, 4.69) is 39.7 Å². The summed E-state index contributed by atoms with van der Waals surface area (Å²) in [6, 6.07) is 24.1. The topological polar surface area (TPSA) is 94.0 Å². The summed E-state index contributed by atoms with van der Waals surface area (Å²) in [5.41, 5.74) is 9.60. The van der Waals surface area contributed by atoms with Crippen LogP contribution in [0.2, 0.25) is 0 Å².